The standard InChI is InChI=1S/C13H16N2O2/c1-9(13(16)17-3)8-15-10(2)14-11-6-4-5-7-12(11)15/h4-7,9H,8H2,1-3H3. The molecule has 0 aliphatic heterocycles. The number of ether oxygens (including phenoxy) is 1. The van der Waals surface area contributed by atoms with Crippen LogP contribution in [0.1, 0.15) is 12.7 Å². The summed E-state index contributed by atoms with van der Waals surface area (Å²) < 4.78 is 6.79. The fourth-order valence-electron chi connectivity index (χ4n) is 1.98. The number of imidazole rings is 1. The van der Waals surface area contributed by atoms with Crippen molar-refractivity contribution in [2.24, 2.45) is 5.92 Å². The van der Waals surface area contributed by atoms with Crippen molar-refractivity contribution in [3.63, 3.8) is 0 Å². The molecule has 90 valence electrons. The Morgan fingerprint density at radius 3 is 2.88 bits per heavy atom. The van der Waals surface area contributed by atoms with Crippen molar-refractivity contribution in [2.75, 3.05) is 7.11 Å². The zero-order valence-electron chi connectivity index (χ0n) is 10.3. The third kappa shape index (κ3) is 2.16. The zero-order valence-corrected chi connectivity index (χ0v) is 10.3. The van der Waals surface area contributed by atoms with E-state index in [-0.39, 0.29) is 11.9 Å². The van der Waals surface area contributed by atoms with Gasteiger partial charge in [0, 0.05) is 6.54 Å². The minimum Gasteiger partial charge on any atom is -0.469 e. The minimum atomic E-state index is -0.192. The van der Waals surface area contributed by atoms with Gasteiger partial charge in [0.05, 0.1) is 24.1 Å². The Morgan fingerprint density at radius 2 is 2.18 bits per heavy atom. The summed E-state index contributed by atoms with van der Waals surface area (Å²) in [6.07, 6.45) is 0. The van der Waals surface area contributed by atoms with E-state index in [1.807, 2.05) is 38.1 Å². The number of carbonyl (C=O) groups is 1. The van der Waals surface area contributed by atoms with Gasteiger partial charge in [0.1, 0.15) is 5.82 Å². The Labute approximate surface area is 100 Å². The number of carbonyl (C=O) groups excluding carboxylic acids is 1. The number of methoxy groups -OCH3 is 1. The van der Waals surface area contributed by atoms with Crippen molar-refractivity contribution < 1.29 is 9.53 Å². The molecule has 0 spiro atoms. The lowest BCUT2D eigenvalue weighted by Gasteiger charge is -2.12. The maximum atomic E-state index is 11.4. The topological polar surface area (TPSA) is 44.1 Å². The molecule has 0 aliphatic carbocycles. The SMILES string of the molecule is COC(=O)C(C)Cn1c(C)nc2ccccc21. The molecule has 4 nitrogen and oxygen atoms in total. The number of rotatable bonds is 3. The number of benzene rings is 1. The highest BCUT2D eigenvalue weighted by Gasteiger charge is 2.16. The van der Waals surface area contributed by atoms with Gasteiger partial charge in [-0.3, -0.25) is 4.79 Å². The van der Waals surface area contributed by atoms with Gasteiger partial charge < -0.3 is 9.30 Å². The van der Waals surface area contributed by atoms with E-state index in [2.05, 4.69) is 9.55 Å². The van der Waals surface area contributed by atoms with E-state index < -0.39 is 0 Å². The molecule has 17 heavy (non-hydrogen) atoms. The van der Waals surface area contributed by atoms with Gasteiger partial charge in [-0.15, -0.1) is 0 Å². The molecule has 1 heterocycles. The molecule has 0 N–H and O–H groups in total. The first-order valence-electron chi connectivity index (χ1n) is 5.63. The number of hydrogen-bond acceptors (Lipinski definition) is 3. The monoisotopic (exact) mass is 232 g/mol. The predicted molar refractivity (Wildman–Crippen MR) is 65.7 cm³/mol. The third-order valence-electron chi connectivity index (χ3n) is 2.91. The van der Waals surface area contributed by atoms with Gasteiger partial charge in [0.25, 0.3) is 0 Å². The molecule has 0 amide bonds. The molecular formula is C13H16N2O2. The van der Waals surface area contributed by atoms with Crippen molar-refractivity contribution in [3.05, 3.63) is 30.1 Å². The van der Waals surface area contributed by atoms with Crippen molar-refractivity contribution in [2.45, 2.75) is 20.4 Å². The van der Waals surface area contributed by atoms with E-state index in [4.69, 9.17) is 4.74 Å². The van der Waals surface area contributed by atoms with Crippen LogP contribution < -0.4 is 0 Å². The molecule has 0 fully saturated rings. The molecule has 0 aliphatic rings. The largest absolute Gasteiger partial charge is 0.469 e. The van der Waals surface area contributed by atoms with E-state index in [0.717, 1.165) is 16.9 Å². The number of aromatic nitrogens is 2. The number of para-hydroxylation sites is 2. The highest BCUT2D eigenvalue weighted by Crippen LogP contribution is 2.17. The van der Waals surface area contributed by atoms with Crippen molar-refractivity contribution >= 4 is 17.0 Å². The fourth-order valence-corrected chi connectivity index (χ4v) is 1.98. The molecule has 1 unspecified atom stereocenters. The molecule has 0 radical (unpaired) electrons. The number of fused-ring (bicyclic) bond motifs is 1. The molecular weight excluding hydrogens is 216 g/mol. The maximum absolute atomic E-state index is 11.4. The third-order valence-corrected chi connectivity index (χ3v) is 2.91. The Hall–Kier alpha value is -1.84. The lowest BCUT2D eigenvalue weighted by Crippen LogP contribution is -2.19. The highest BCUT2D eigenvalue weighted by atomic mass is 16.5. The quantitative estimate of drug-likeness (QED) is 0.762. The normalized spacial score (nSPS) is 12.6. The van der Waals surface area contributed by atoms with Crippen LogP contribution in [0.15, 0.2) is 24.3 Å². The summed E-state index contributed by atoms with van der Waals surface area (Å²) in [5.74, 6) is 0.556. The summed E-state index contributed by atoms with van der Waals surface area (Å²) in [6.45, 7) is 4.41. The molecule has 2 rings (SSSR count). The maximum Gasteiger partial charge on any atom is 0.310 e. The smallest absolute Gasteiger partial charge is 0.310 e. The van der Waals surface area contributed by atoms with Crippen molar-refractivity contribution in [1.29, 1.82) is 0 Å². The lowest BCUT2D eigenvalue weighted by molar-refractivity contribution is -0.145. The molecule has 2 aromatic rings. The summed E-state index contributed by atoms with van der Waals surface area (Å²) in [6, 6.07) is 7.92. The van der Waals surface area contributed by atoms with E-state index in [1.165, 1.54) is 7.11 Å². The van der Waals surface area contributed by atoms with Crippen LogP contribution in [0.5, 0.6) is 0 Å². The molecule has 0 saturated carbocycles. The van der Waals surface area contributed by atoms with Gasteiger partial charge in [0.2, 0.25) is 0 Å². The van der Waals surface area contributed by atoms with Gasteiger partial charge >= 0.3 is 5.97 Å². The minimum absolute atomic E-state index is 0.170. The molecule has 1 atom stereocenters. The van der Waals surface area contributed by atoms with E-state index in [0.29, 0.717) is 6.54 Å². The Morgan fingerprint density at radius 1 is 1.47 bits per heavy atom. The fraction of sp³-hybridized carbons (Fsp3) is 0.385. The summed E-state index contributed by atoms with van der Waals surface area (Å²) >= 11 is 0. The predicted octanol–water partition coefficient (Wildman–Crippen LogP) is 2.15. The average Bonchev–Trinajstić information content (AvgIpc) is 2.65. The van der Waals surface area contributed by atoms with Crippen molar-refractivity contribution in [3.8, 4) is 0 Å². The second-order valence-electron chi connectivity index (χ2n) is 4.18. The first-order chi connectivity index (χ1) is 8.13. The Balaban J connectivity index is 2.35. The average molecular weight is 232 g/mol. The summed E-state index contributed by atoms with van der Waals surface area (Å²) in [5, 5.41) is 0. The van der Waals surface area contributed by atoms with Gasteiger partial charge in [-0.05, 0) is 19.1 Å². The van der Waals surface area contributed by atoms with Crippen LogP contribution in [0.2, 0.25) is 0 Å². The van der Waals surface area contributed by atoms with E-state index in [1.54, 1.807) is 0 Å². The second-order valence-corrected chi connectivity index (χ2v) is 4.18. The second kappa shape index (κ2) is 4.57. The van der Waals surface area contributed by atoms with Crippen LogP contribution in [0.4, 0.5) is 0 Å². The number of esters is 1. The van der Waals surface area contributed by atoms with Gasteiger partial charge in [-0.1, -0.05) is 19.1 Å². The first-order valence-corrected chi connectivity index (χ1v) is 5.63. The molecule has 1 aromatic carbocycles. The van der Waals surface area contributed by atoms with Crippen LogP contribution in [0, 0.1) is 12.8 Å². The summed E-state index contributed by atoms with van der Waals surface area (Å²) in [7, 11) is 1.41. The molecule has 1 aromatic heterocycles. The van der Waals surface area contributed by atoms with Crippen LogP contribution in [-0.2, 0) is 16.1 Å². The lowest BCUT2D eigenvalue weighted by atomic mass is 10.2. The summed E-state index contributed by atoms with van der Waals surface area (Å²) in [5.41, 5.74) is 2.02. The van der Waals surface area contributed by atoms with Crippen LogP contribution in [-0.4, -0.2) is 22.6 Å². The van der Waals surface area contributed by atoms with Crippen LogP contribution in [0.25, 0.3) is 11.0 Å². The Bertz CT molecular complexity index is 545. The first kappa shape index (κ1) is 11.6. The zero-order chi connectivity index (χ0) is 12.4. The highest BCUT2D eigenvalue weighted by molar-refractivity contribution is 5.76. The number of hydrogen-bond donors (Lipinski definition) is 0. The van der Waals surface area contributed by atoms with Gasteiger partial charge in [-0.25, -0.2) is 4.98 Å². The van der Waals surface area contributed by atoms with E-state index in [9.17, 15) is 4.79 Å². The van der Waals surface area contributed by atoms with Gasteiger partial charge in [0.15, 0.2) is 0 Å². The van der Waals surface area contributed by atoms with Gasteiger partial charge in [-0.2, -0.15) is 0 Å². The molecule has 0 bridgehead atoms. The van der Waals surface area contributed by atoms with Crippen LogP contribution >= 0.6 is 0 Å². The molecule has 0 saturated heterocycles. The van der Waals surface area contributed by atoms with Crippen LogP contribution in [0.3, 0.4) is 0 Å². The summed E-state index contributed by atoms with van der Waals surface area (Å²) in [4.78, 5) is 15.9. The number of nitrogens with zero attached hydrogens (tertiary/aromatic N) is 2. The van der Waals surface area contributed by atoms with E-state index >= 15 is 0 Å². The number of aryl methyl sites for hydroxylation is 1. The Kier molecular flexibility index (Phi) is 3.13. The molecule has 4 heteroatoms. The van der Waals surface area contributed by atoms with Crippen molar-refractivity contribution in [1.82, 2.24) is 9.55 Å².